The van der Waals surface area contributed by atoms with Gasteiger partial charge in [-0.3, -0.25) is 9.89 Å². The quantitative estimate of drug-likeness (QED) is 0.628. The van der Waals surface area contributed by atoms with Crippen LogP contribution in [-0.2, 0) is 10.2 Å². The predicted octanol–water partition coefficient (Wildman–Crippen LogP) is 0.251. The van der Waals surface area contributed by atoms with Crippen molar-refractivity contribution in [3.05, 3.63) is 5.82 Å². The smallest absolute Gasteiger partial charge is 0.313 e. The van der Waals surface area contributed by atoms with Crippen molar-refractivity contribution in [2.45, 2.75) is 24.4 Å². The molecule has 0 amide bonds. The van der Waals surface area contributed by atoms with Crippen LogP contribution in [0.3, 0.4) is 0 Å². The van der Waals surface area contributed by atoms with Crippen LogP contribution >= 0.6 is 11.8 Å². The van der Waals surface area contributed by atoms with Crippen LogP contribution in [0.4, 0.5) is 0 Å². The molecular formula is C8H13N3O3S. The molecule has 84 valence electrons. The van der Waals surface area contributed by atoms with Gasteiger partial charge in [-0.1, -0.05) is 25.6 Å². The van der Waals surface area contributed by atoms with Crippen molar-refractivity contribution in [1.82, 2.24) is 15.2 Å². The number of thioether (sulfide) groups is 1. The largest absolute Gasteiger partial charge is 0.481 e. The van der Waals surface area contributed by atoms with E-state index in [-0.39, 0.29) is 12.4 Å². The van der Waals surface area contributed by atoms with Gasteiger partial charge in [0.1, 0.15) is 5.82 Å². The van der Waals surface area contributed by atoms with Crippen molar-refractivity contribution in [2.75, 3.05) is 12.4 Å². The molecular weight excluding hydrogens is 218 g/mol. The SMILES string of the molecule is CC(C)(CO)c1nc(SCC(=O)O)n[nH]1. The van der Waals surface area contributed by atoms with Crippen LogP contribution in [0.15, 0.2) is 5.16 Å². The lowest BCUT2D eigenvalue weighted by Gasteiger charge is -2.16. The standard InChI is InChI=1S/C8H13N3O3S/c1-8(2,4-12)6-9-7(11-10-6)15-3-5(13)14/h12H,3-4H2,1-2H3,(H,13,14)(H,9,10,11). The van der Waals surface area contributed by atoms with E-state index in [0.717, 1.165) is 11.8 Å². The van der Waals surface area contributed by atoms with Gasteiger partial charge in [0.25, 0.3) is 0 Å². The number of aliphatic hydroxyl groups excluding tert-OH is 1. The lowest BCUT2D eigenvalue weighted by atomic mass is 9.94. The van der Waals surface area contributed by atoms with Gasteiger partial charge in [0.2, 0.25) is 5.16 Å². The first kappa shape index (κ1) is 12.0. The molecule has 0 atom stereocenters. The molecule has 1 heterocycles. The molecule has 15 heavy (non-hydrogen) atoms. The van der Waals surface area contributed by atoms with E-state index in [1.54, 1.807) is 0 Å². The Balaban J connectivity index is 2.68. The van der Waals surface area contributed by atoms with Gasteiger partial charge < -0.3 is 10.2 Å². The number of carbonyl (C=O) groups is 1. The Bertz CT molecular complexity index is 351. The maximum Gasteiger partial charge on any atom is 0.313 e. The average molecular weight is 231 g/mol. The number of aromatic nitrogens is 3. The van der Waals surface area contributed by atoms with Crippen LogP contribution in [0.1, 0.15) is 19.7 Å². The molecule has 0 saturated carbocycles. The normalized spacial score (nSPS) is 11.7. The number of carboxylic acids is 1. The van der Waals surface area contributed by atoms with Gasteiger partial charge in [-0.2, -0.15) is 0 Å². The summed E-state index contributed by atoms with van der Waals surface area (Å²) in [5, 5.41) is 24.5. The Morgan fingerprint density at radius 2 is 2.27 bits per heavy atom. The third-order valence-electron chi connectivity index (χ3n) is 1.83. The van der Waals surface area contributed by atoms with Gasteiger partial charge in [0, 0.05) is 5.41 Å². The molecule has 1 aromatic rings. The summed E-state index contributed by atoms with van der Waals surface area (Å²) in [6, 6.07) is 0. The van der Waals surface area contributed by atoms with Crippen molar-refractivity contribution in [3.63, 3.8) is 0 Å². The Kier molecular flexibility index (Phi) is 3.70. The fraction of sp³-hybridized carbons (Fsp3) is 0.625. The van der Waals surface area contributed by atoms with E-state index < -0.39 is 11.4 Å². The second-order valence-corrected chi connectivity index (χ2v) is 4.63. The zero-order valence-corrected chi connectivity index (χ0v) is 9.34. The Morgan fingerprint density at radius 3 is 2.80 bits per heavy atom. The van der Waals surface area contributed by atoms with E-state index in [4.69, 9.17) is 10.2 Å². The van der Waals surface area contributed by atoms with E-state index >= 15 is 0 Å². The number of aliphatic carboxylic acids is 1. The number of hydrogen-bond acceptors (Lipinski definition) is 5. The highest BCUT2D eigenvalue weighted by atomic mass is 32.2. The molecule has 0 bridgehead atoms. The monoisotopic (exact) mass is 231 g/mol. The Hall–Kier alpha value is -1.08. The minimum Gasteiger partial charge on any atom is -0.481 e. The number of H-pyrrole nitrogens is 1. The number of carboxylic acid groups (broad SMARTS) is 1. The van der Waals surface area contributed by atoms with Crippen LogP contribution < -0.4 is 0 Å². The van der Waals surface area contributed by atoms with Gasteiger partial charge in [-0.25, -0.2) is 4.98 Å². The summed E-state index contributed by atoms with van der Waals surface area (Å²) in [4.78, 5) is 14.4. The fourth-order valence-corrected chi connectivity index (χ4v) is 1.33. The molecule has 0 aliphatic rings. The van der Waals surface area contributed by atoms with E-state index in [9.17, 15) is 4.79 Å². The topological polar surface area (TPSA) is 99.1 Å². The fourth-order valence-electron chi connectivity index (χ4n) is 0.815. The summed E-state index contributed by atoms with van der Waals surface area (Å²) in [6.45, 7) is 3.59. The summed E-state index contributed by atoms with van der Waals surface area (Å²) in [5.41, 5.74) is -0.491. The number of aliphatic hydroxyl groups is 1. The van der Waals surface area contributed by atoms with Gasteiger partial charge in [0.05, 0.1) is 12.4 Å². The first-order chi connectivity index (χ1) is 6.95. The zero-order chi connectivity index (χ0) is 11.5. The molecule has 0 saturated heterocycles. The van der Waals surface area contributed by atoms with Crippen molar-refractivity contribution in [2.24, 2.45) is 0 Å². The van der Waals surface area contributed by atoms with Crippen molar-refractivity contribution >= 4 is 17.7 Å². The average Bonchev–Trinajstić information content (AvgIpc) is 2.63. The highest BCUT2D eigenvalue weighted by Crippen LogP contribution is 2.21. The molecule has 6 nitrogen and oxygen atoms in total. The molecule has 0 aromatic carbocycles. The van der Waals surface area contributed by atoms with Crippen molar-refractivity contribution in [3.8, 4) is 0 Å². The molecule has 0 aliphatic carbocycles. The molecule has 3 N–H and O–H groups in total. The maximum absolute atomic E-state index is 10.3. The Morgan fingerprint density at radius 1 is 1.60 bits per heavy atom. The second kappa shape index (κ2) is 4.63. The maximum atomic E-state index is 10.3. The van der Waals surface area contributed by atoms with Gasteiger partial charge >= 0.3 is 5.97 Å². The summed E-state index contributed by atoms with van der Waals surface area (Å²) >= 11 is 1.04. The third kappa shape index (κ3) is 3.21. The van der Waals surface area contributed by atoms with E-state index in [2.05, 4.69) is 15.2 Å². The lowest BCUT2D eigenvalue weighted by Crippen LogP contribution is -2.23. The van der Waals surface area contributed by atoms with Crippen LogP contribution in [0.2, 0.25) is 0 Å². The first-order valence-electron chi connectivity index (χ1n) is 4.34. The summed E-state index contributed by atoms with van der Waals surface area (Å²) in [6.07, 6.45) is 0. The molecule has 0 radical (unpaired) electrons. The molecule has 0 unspecified atom stereocenters. The highest BCUT2D eigenvalue weighted by Gasteiger charge is 2.24. The molecule has 0 fully saturated rings. The summed E-state index contributed by atoms with van der Waals surface area (Å²) < 4.78 is 0. The predicted molar refractivity (Wildman–Crippen MR) is 54.9 cm³/mol. The Labute approximate surface area is 91.1 Å². The van der Waals surface area contributed by atoms with Crippen LogP contribution in [0, 0.1) is 0 Å². The zero-order valence-electron chi connectivity index (χ0n) is 8.52. The first-order valence-corrected chi connectivity index (χ1v) is 5.32. The number of nitrogens with one attached hydrogen (secondary N) is 1. The number of rotatable bonds is 5. The van der Waals surface area contributed by atoms with Crippen LogP contribution in [0.5, 0.6) is 0 Å². The molecule has 1 rings (SSSR count). The number of aromatic amines is 1. The van der Waals surface area contributed by atoms with Crippen molar-refractivity contribution in [1.29, 1.82) is 0 Å². The third-order valence-corrected chi connectivity index (χ3v) is 2.66. The summed E-state index contributed by atoms with van der Waals surface area (Å²) in [7, 11) is 0. The van der Waals surface area contributed by atoms with E-state index in [1.807, 2.05) is 13.8 Å². The van der Waals surface area contributed by atoms with Gasteiger partial charge in [-0.15, -0.1) is 5.10 Å². The van der Waals surface area contributed by atoms with Crippen LogP contribution in [0.25, 0.3) is 0 Å². The molecule has 0 spiro atoms. The molecule has 1 aromatic heterocycles. The second-order valence-electron chi connectivity index (χ2n) is 3.69. The van der Waals surface area contributed by atoms with Crippen LogP contribution in [-0.4, -0.2) is 43.7 Å². The van der Waals surface area contributed by atoms with Gasteiger partial charge in [-0.05, 0) is 0 Å². The summed E-state index contributed by atoms with van der Waals surface area (Å²) in [5.74, 6) is -0.428. The van der Waals surface area contributed by atoms with Crippen molar-refractivity contribution < 1.29 is 15.0 Å². The lowest BCUT2D eigenvalue weighted by molar-refractivity contribution is -0.133. The van der Waals surface area contributed by atoms with E-state index in [1.165, 1.54) is 0 Å². The number of hydrogen-bond donors (Lipinski definition) is 3. The van der Waals surface area contributed by atoms with Gasteiger partial charge in [0.15, 0.2) is 0 Å². The number of nitrogens with zero attached hydrogens (tertiary/aromatic N) is 2. The minimum absolute atomic E-state index is 0.0504. The van der Waals surface area contributed by atoms with E-state index in [0.29, 0.717) is 11.0 Å². The highest BCUT2D eigenvalue weighted by molar-refractivity contribution is 7.99. The molecule has 7 heteroatoms. The molecule has 0 aliphatic heterocycles. The minimum atomic E-state index is -0.909.